The minimum Gasteiger partial charge on any atom is -0.333 e. The van der Waals surface area contributed by atoms with Crippen molar-refractivity contribution >= 4 is 23.1 Å². The van der Waals surface area contributed by atoms with E-state index < -0.39 is 0 Å². The summed E-state index contributed by atoms with van der Waals surface area (Å²) in [4.78, 5) is 4.93. The molecule has 1 unspecified atom stereocenters. The normalized spacial score (nSPS) is 20.6. The largest absolute Gasteiger partial charge is 0.333 e. The molecule has 1 aliphatic heterocycles. The van der Waals surface area contributed by atoms with E-state index in [-0.39, 0.29) is 0 Å². The van der Waals surface area contributed by atoms with Gasteiger partial charge < -0.3 is 15.5 Å². The van der Waals surface area contributed by atoms with Gasteiger partial charge >= 0.3 is 0 Å². The summed E-state index contributed by atoms with van der Waals surface area (Å²) in [6, 6.07) is 12.5. The zero-order valence-corrected chi connectivity index (χ0v) is 16.9. The summed E-state index contributed by atoms with van der Waals surface area (Å²) in [5.41, 5.74) is 3.08. The standard InChI is InChI=1S/C21H26N6S/c1-26-11-13-27(14-12-26)18-9-7-17(8-10-18)22-21(28)23-20-15-19(24-25-20)16-5-3-2-4-6-16/h2-9,15,18H,10-14H2,1H3,(H3,22,23,24,25,28). The monoisotopic (exact) mass is 394 g/mol. The zero-order chi connectivity index (χ0) is 19.3. The highest BCUT2D eigenvalue weighted by Crippen LogP contribution is 2.19. The van der Waals surface area contributed by atoms with Crippen molar-refractivity contribution in [1.29, 1.82) is 0 Å². The van der Waals surface area contributed by atoms with Crippen LogP contribution in [0.25, 0.3) is 11.3 Å². The molecule has 3 N–H and O–H groups in total. The Morgan fingerprint density at radius 1 is 1.14 bits per heavy atom. The van der Waals surface area contributed by atoms with Gasteiger partial charge in [0.2, 0.25) is 0 Å². The van der Waals surface area contributed by atoms with E-state index >= 15 is 0 Å². The van der Waals surface area contributed by atoms with Gasteiger partial charge in [-0.05, 0) is 37.3 Å². The molecular formula is C21H26N6S. The lowest BCUT2D eigenvalue weighted by atomic mass is 10.0. The van der Waals surface area contributed by atoms with E-state index in [1.54, 1.807) is 0 Å². The Morgan fingerprint density at radius 2 is 1.93 bits per heavy atom. The number of nitrogens with one attached hydrogen (secondary N) is 3. The van der Waals surface area contributed by atoms with Crippen molar-refractivity contribution in [2.45, 2.75) is 12.5 Å². The minimum atomic E-state index is 0.487. The van der Waals surface area contributed by atoms with Gasteiger partial charge in [-0.1, -0.05) is 42.5 Å². The maximum absolute atomic E-state index is 5.44. The van der Waals surface area contributed by atoms with Crippen LogP contribution in [-0.4, -0.2) is 64.4 Å². The van der Waals surface area contributed by atoms with Gasteiger partial charge in [0.05, 0.1) is 5.69 Å². The van der Waals surface area contributed by atoms with Crippen molar-refractivity contribution < 1.29 is 0 Å². The SMILES string of the molecule is CN1CCN(C2C=CC(NC(=S)Nc3cc(-c4ccccc4)[nH]n3)=CC2)CC1. The first-order valence-corrected chi connectivity index (χ1v) is 10.1. The van der Waals surface area contributed by atoms with Crippen LogP contribution in [-0.2, 0) is 0 Å². The lowest BCUT2D eigenvalue weighted by molar-refractivity contribution is 0.130. The van der Waals surface area contributed by atoms with Gasteiger partial charge in [0, 0.05) is 44.0 Å². The fraction of sp³-hybridized carbons (Fsp3) is 0.333. The van der Waals surface area contributed by atoms with Crippen LogP contribution in [0.15, 0.2) is 60.3 Å². The van der Waals surface area contributed by atoms with Crippen LogP contribution in [0.1, 0.15) is 6.42 Å². The summed E-state index contributed by atoms with van der Waals surface area (Å²) in [5.74, 6) is 0.701. The number of hydrogen-bond donors (Lipinski definition) is 3. The van der Waals surface area contributed by atoms with Crippen LogP contribution in [0.2, 0.25) is 0 Å². The molecule has 2 aliphatic rings. The summed E-state index contributed by atoms with van der Waals surface area (Å²) >= 11 is 5.44. The molecule has 2 heterocycles. The third-order valence-electron chi connectivity index (χ3n) is 5.25. The molecule has 7 heteroatoms. The Balaban J connectivity index is 1.28. The van der Waals surface area contributed by atoms with Crippen LogP contribution in [0.5, 0.6) is 0 Å². The second kappa shape index (κ2) is 8.68. The van der Waals surface area contributed by atoms with Gasteiger partial charge in [0.25, 0.3) is 0 Å². The molecular weight excluding hydrogens is 368 g/mol. The molecule has 2 aromatic rings. The fourth-order valence-corrected chi connectivity index (χ4v) is 3.78. The fourth-order valence-electron chi connectivity index (χ4n) is 3.56. The molecule has 1 fully saturated rings. The summed E-state index contributed by atoms with van der Waals surface area (Å²) < 4.78 is 0. The average molecular weight is 395 g/mol. The molecule has 1 atom stereocenters. The predicted molar refractivity (Wildman–Crippen MR) is 118 cm³/mol. The molecule has 4 rings (SSSR count). The molecule has 0 amide bonds. The van der Waals surface area contributed by atoms with Gasteiger partial charge in [-0.15, -0.1) is 0 Å². The molecule has 0 saturated carbocycles. The maximum Gasteiger partial charge on any atom is 0.176 e. The molecule has 1 aromatic heterocycles. The number of H-pyrrole nitrogens is 1. The van der Waals surface area contributed by atoms with E-state index in [1.807, 2.05) is 36.4 Å². The van der Waals surface area contributed by atoms with Crippen molar-refractivity contribution in [3.8, 4) is 11.3 Å². The van der Waals surface area contributed by atoms with Gasteiger partial charge in [0.15, 0.2) is 10.9 Å². The first-order chi connectivity index (χ1) is 13.7. The Kier molecular flexibility index (Phi) is 5.85. The van der Waals surface area contributed by atoms with Crippen LogP contribution in [0.4, 0.5) is 5.82 Å². The third-order valence-corrected chi connectivity index (χ3v) is 5.45. The number of thiocarbonyl (C=S) groups is 1. The molecule has 28 heavy (non-hydrogen) atoms. The van der Waals surface area contributed by atoms with Crippen LogP contribution >= 0.6 is 12.2 Å². The van der Waals surface area contributed by atoms with E-state index in [4.69, 9.17) is 12.2 Å². The second-order valence-electron chi connectivity index (χ2n) is 7.27. The molecule has 1 saturated heterocycles. The van der Waals surface area contributed by atoms with Crippen LogP contribution in [0, 0.1) is 0 Å². The minimum absolute atomic E-state index is 0.487. The summed E-state index contributed by atoms with van der Waals surface area (Å²) in [6.45, 7) is 4.54. The van der Waals surface area contributed by atoms with E-state index in [9.17, 15) is 0 Å². The average Bonchev–Trinajstić information content (AvgIpc) is 3.18. The first-order valence-electron chi connectivity index (χ1n) is 9.67. The van der Waals surface area contributed by atoms with E-state index in [0.29, 0.717) is 17.0 Å². The Labute approximate surface area is 171 Å². The molecule has 0 bridgehead atoms. The molecule has 6 nitrogen and oxygen atoms in total. The number of likely N-dealkylation sites (N-methyl/N-ethyl adjacent to an activating group) is 1. The highest BCUT2D eigenvalue weighted by molar-refractivity contribution is 7.80. The number of hydrogen-bond acceptors (Lipinski definition) is 4. The number of piperazine rings is 1. The number of allylic oxidation sites excluding steroid dienone is 1. The Hall–Kier alpha value is -2.48. The van der Waals surface area contributed by atoms with Gasteiger partial charge in [-0.25, -0.2) is 0 Å². The van der Waals surface area contributed by atoms with E-state index in [2.05, 4.69) is 55.9 Å². The quantitative estimate of drug-likeness (QED) is 0.694. The number of benzene rings is 1. The van der Waals surface area contributed by atoms with Crippen molar-refractivity contribution in [3.63, 3.8) is 0 Å². The topological polar surface area (TPSA) is 59.2 Å². The summed E-state index contributed by atoms with van der Waals surface area (Å²) in [7, 11) is 2.19. The molecule has 146 valence electrons. The highest BCUT2D eigenvalue weighted by Gasteiger charge is 2.21. The molecule has 0 spiro atoms. The van der Waals surface area contributed by atoms with Crippen molar-refractivity contribution in [3.05, 3.63) is 60.3 Å². The highest BCUT2D eigenvalue weighted by atomic mass is 32.1. The Morgan fingerprint density at radius 3 is 2.64 bits per heavy atom. The number of aromatic amines is 1. The number of aromatic nitrogens is 2. The lowest BCUT2D eigenvalue weighted by Crippen LogP contribution is -2.48. The van der Waals surface area contributed by atoms with Gasteiger partial charge in [-0.3, -0.25) is 10.00 Å². The lowest BCUT2D eigenvalue weighted by Gasteiger charge is -2.37. The summed E-state index contributed by atoms with van der Waals surface area (Å²) in [6.07, 6.45) is 7.63. The van der Waals surface area contributed by atoms with Crippen LogP contribution in [0.3, 0.4) is 0 Å². The number of nitrogens with zero attached hydrogens (tertiary/aromatic N) is 3. The third kappa shape index (κ3) is 4.67. The van der Waals surface area contributed by atoms with Crippen molar-refractivity contribution in [2.75, 3.05) is 38.5 Å². The van der Waals surface area contributed by atoms with Crippen molar-refractivity contribution in [1.82, 2.24) is 25.3 Å². The smallest absolute Gasteiger partial charge is 0.176 e. The zero-order valence-electron chi connectivity index (χ0n) is 16.1. The molecule has 1 aromatic carbocycles. The maximum atomic E-state index is 5.44. The number of rotatable bonds is 4. The second-order valence-corrected chi connectivity index (χ2v) is 7.68. The number of anilines is 1. The molecule has 0 radical (unpaired) electrons. The Bertz CT molecular complexity index is 864. The van der Waals surface area contributed by atoms with E-state index in [1.165, 1.54) is 0 Å². The summed E-state index contributed by atoms with van der Waals surface area (Å²) in [5, 5.41) is 14.3. The van der Waals surface area contributed by atoms with Gasteiger partial charge in [0.1, 0.15) is 0 Å². The van der Waals surface area contributed by atoms with Crippen LogP contribution < -0.4 is 10.6 Å². The molecule has 1 aliphatic carbocycles. The van der Waals surface area contributed by atoms with Gasteiger partial charge in [-0.2, -0.15) is 5.10 Å². The first kappa shape index (κ1) is 18.9. The predicted octanol–water partition coefficient (Wildman–Crippen LogP) is 2.82. The van der Waals surface area contributed by atoms with Crippen molar-refractivity contribution in [2.24, 2.45) is 0 Å². The van der Waals surface area contributed by atoms with E-state index in [0.717, 1.165) is 49.6 Å².